The van der Waals surface area contributed by atoms with E-state index in [1.54, 1.807) is 0 Å². The molecule has 0 aliphatic heterocycles. The van der Waals surface area contributed by atoms with Gasteiger partial charge in [-0.05, 0) is 50.8 Å². The maximum atomic E-state index is 4.66. The van der Waals surface area contributed by atoms with Crippen molar-refractivity contribution in [3.8, 4) is 0 Å². The molecule has 1 aromatic heterocycles. The molecule has 4 heteroatoms. The van der Waals surface area contributed by atoms with Gasteiger partial charge < -0.3 is 10.6 Å². The largest absolute Gasteiger partial charge is 0.367 e. The first-order valence-electron chi connectivity index (χ1n) is 8.57. The summed E-state index contributed by atoms with van der Waals surface area (Å²) in [6.07, 6.45) is 6.47. The lowest BCUT2D eigenvalue weighted by Crippen LogP contribution is -2.23. The van der Waals surface area contributed by atoms with E-state index in [0.717, 1.165) is 17.2 Å². The van der Waals surface area contributed by atoms with Crippen molar-refractivity contribution in [2.75, 3.05) is 10.6 Å². The summed E-state index contributed by atoms with van der Waals surface area (Å²) in [5.74, 6) is 1.59. The quantitative estimate of drug-likeness (QED) is 0.844. The molecule has 0 atom stereocenters. The summed E-state index contributed by atoms with van der Waals surface area (Å²) in [5, 5.41) is 6.95. The number of hydrogen-bond acceptors (Lipinski definition) is 4. The molecule has 0 bridgehead atoms. The van der Waals surface area contributed by atoms with Crippen LogP contribution < -0.4 is 10.6 Å². The molecule has 0 saturated heterocycles. The zero-order chi connectivity index (χ0) is 16.2. The van der Waals surface area contributed by atoms with Crippen LogP contribution in [0.4, 0.5) is 17.5 Å². The highest BCUT2D eigenvalue weighted by molar-refractivity contribution is 5.61. The number of hydrogen-bond donors (Lipinski definition) is 2. The first kappa shape index (κ1) is 15.8. The third-order valence-electron chi connectivity index (χ3n) is 4.66. The lowest BCUT2D eigenvalue weighted by Gasteiger charge is -2.23. The molecule has 0 radical (unpaired) electrons. The van der Waals surface area contributed by atoms with E-state index < -0.39 is 0 Å². The average Bonchev–Trinajstić information content (AvgIpc) is 2.52. The number of rotatable bonds is 4. The number of nitrogens with one attached hydrogen (secondary N) is 2. The van der Waals surface area contributed by atoms with Gasteiger partial charge in [-0.3, -0.25) is 0 Å². The van der Waals surface area contributed by atoms with E-state index in [2.05, 4.69) is 52.6 Å². The van der Waals surface area contributed by atoms with E-state index in [4.69, 9.17) is 0 Å². The minimum absolute atomic E-state index is 0.548. The van der Waals surface area contributed by atoms with Crippen LogP contribution in [0, 0.1) is 20.8 Å². The second kappa shape index (κ2) is 6.99. The van der Waals surface area contributed by atoms with Crippen molar-refractivity contribution in [1.82, 2.24) is 9.97 Å². The fourth-order valence-corrected chi connectivity index (χ4v) is 3.16. The molecule has 0 unspecified atom stereocenters. The van der Waals surface area contributed by atoms with E-state index >= 15 is 0 Å². The fraction of sp³-hybridized carbons (Fsp3) is 0.474. The maximum absolute atomic E-state index is 4.66. The molecule has 122 valence electrons. The molecule has 1 aliphatic carbocycles. The van der Waals surface area contributed by atoms with E-state index in [-0.39, 0.29) is 0 Å². The Kier molecular flexibility index (Phi) is 4.79. The van der Waals surface area contributed by atoms with Crippen LogP contribution in [0.1, 0.15) is 48.9 Å². The van der Waals surface area contributed by atoms with Crippen LogP contribution in [0.3, 0.4) is 0 Å². The van der Waals surface area contributed by atoms with Gasteiger partial charge in [-0.15, -0.1) is 0 Å². The van der Waals surface area contributed by atoms with Gasteiger partial charge in [-0.25, -0.2) is 4.98 Å². The molecule has 2 N–H and O–H groups in total. The molecule has 1 aliphatic rings. The molecule has 1 saturated carbocycles. The Hall–Kier alpha value is -2.10. The lowest BCUT2D eigenvalue weighted by molar-refractivity contribution is 0.462. The molecule has 0 spiro atoms. The molecule has 4 nitrogen and oxygen atoms in total. The maximum Gasteiger partial charge on any atom is 0.229 e. The van der Waals surface area contributed by atoms with Gasteiger partial charge in [-0.1, -0.05) is 31.4 Å². The first-order valence-corrected chi connectivity index (χ1v) is 8.57. The number of anilines is 3. The zero-order valence-corrected chi connectivity index (χ0v) is 14.3. The summed E-state index contributed by atoms with van der Waals surface area (Å²) in [5.41, 5.74) is 4.55. The molecule has 2 aromatic rings. The third-order valence-corrected chi connectivity index (χ3v) is 4.66. The Balaban J connectivity index is 1.78. The van der Waals surface area contributed by atoms with Crippen LogP contribution in [-0.2, 0) is 0 Å². The third kappa shape index (κ3) is 4.01. The van der Waals surface area contributed by atoms with Crippen molar-refractivity contribution in [2.45, 2.75) is 58.9 Å². The van der Waals surface area contributed by atoms with E-state index in [1.165, 1.54) is 43.2 Å². The van der Waals surface area contributed by atoms with Crippen LogP contribution in [-0.4, -0.2) is 16.0 Å². The summed E-state index contributed by atoms with van der Waals surface area (Å²) >= 11 is 0. The van der Waals surface area contributed by atoms with Gasteiger partial charge in [0.25, 0.3) is 0 Å². The molecule has 3 rings (SSSR count). The smallest absolute Gasteiger partial charge is 0.229 e. The second-order valence-corrected chi connectivity index (χ2v) is 6.57. The summed E-state index contributed by atoms with van der Waals surface area (Å²) in [7, 11) is 0. The average molecular weight is 310 g/mol. The molecule has 0 amide bonds. The Morgan fingerprint density at radius 1 is 1.00 bits per heavy atom. The van der Waals surface area contributed by atoms with Gasteiger partial charge in [-0.2, -0.15) is 4.98 Å². The minimum atomic E-state index is 0.548. The minimum Gasteiger partial charge on any atom is -0.367 e. The predicted octanol–water partition coefficient (Wildman–Crippen LogP) is 4.89. The number of nitrogens with zero attached hydrogens (tertiary/aromatic N) is 2. The van der Waals surface area contributed by atoms with Gasteiger partial charge in [0.15, 0.2) is 0 Å². The van der Waals surface area contributed by atoms with Crippen LogP contribution in [0.5, 0.6) is 0 Å². The molecular formula is C19H26N4. The van der Waals surface area contributed by atoms with Crippen molar-refractivity contribution >= 4 is 17.5 Å². The summed E-state index contributed by atoms with van der Waals surface area (Å²) in [6.45, 7) is 6.25. The molecular weight excluding hydrogens is 284 g/mol. The zero-order valence-electron chi connectivity index (χ0n) is 14.3. The van der Waals surface area contributed by atoms with E-state index in [0.29, 0.717) is 12.0 Å². The van der Waals surface area contributed by atoms with Crippen molar-refractivity contribution in [3.63, 3.8) is 0 Å². The topological polar surface area (TPSA) is 49.8 Å². The number of benzene rings is 1. The van der Waals surface area contributed by atoms with Gasteiger partial charge >= 0.3 is 0 Å². The van der Waals surface area contributed by atoms with Gasteiger partial charge in [0.1, 0.15) is 5.82 Å². The van der Waals surface area contributed by atoms with E-state index in [9.17, 15) is 0 Å². The van der Waals surface area contributed by atoms with Crippen molar-refractivity contribution in [2.24, 2.45) is 0 Å². The normalized spacial score (nSPS) is 15.4. The summed E-state index contributed by atoms with van der Waals surface area (Å²) in [4.78, 5) is 9.19. The van der Waals surface area contributed by atoms with Crippen LogP contribution in [0.2, 0.25) is 0 Å². The lowest BCUT2D eigenvalue weighted by atomic mass is 9.95. The summed E-state index contributed by atoms with van der Waals surface area (Å²) in [6, 6.07) is 8.83. The van der Waals surface area contributed by atoms with Crippen LogP contribution >= 0.6 is 0 Å². The van der Waals surface area contributed by atoms with Crippen molar-refractivity contribution in [3.05, 3.63) is 41.1 Å². The predicted molar refractivity (Wildman–Crippen MR) is 96.5 cm³/mol. The molecule has 1 heterocycles. The first-order chi connectivity index (χ1) is 11.1. The fourth-order valence-electron chi connectivity index (χ4n) is 3.16. The number of aryl methyl sites for hydroxylation is 2. The SMILES string of the molecule is Cc1cc(NC2CCCCC2)nc(Nc2cccc(C)c2C)n1. The molecule has 23 heavy (non-hydrogen) atoms. The molecule has 1 aromatic carbocycles. The second-order valence-electron chi connectivity index (χ2n) is 6.57. The Morgan fingerprint density at radius 2 is 1.78 bits per heavy atom. The Bertz CT molecular complexity index is 675. The van der Waals surface area contributed by atoms with Gasteiger partial charge in [0.2, 0.25) is 5.95 Å². The van der Waals surface area contributed by atoms with Crippen LogP contribution in [0.25, 0.3) is 0 Å². The monoisotopic (exact) mass is 310 g/mol. The molecule has 1 fully saturated rings. The van der Waals surface area contributed by atoms with Gasteiger partial charge in [0.05, 0.1) is 0 Å². The van der Waals surface area contributed by atoms with Crippen molar-refractivity contribution < 1.29 is 0 Å². The summed E-state index contributed by atoms with van der Waals surface area (Å²) < 4.78 is 0. The van der Waals surface area contributed by atoms with Crippen LogP contribution in [0.15, 0.2) is 24.3 Å². The highest BCUT2D eigenvalue weighted by Gasteiger charge is 2.14. The van der Waals surface area contributed by atoms with Crippen molar-refractivity contribution in [1.29, 1.82) is 0 Å². The highest BCUT2D eigenvalue weighted by Crippen LogP contribution is 2.24. The van der Waals surface area contributed by atoms with E-state index in [1.807, 2.05) is 13.0 Å². The standard InChI is InChI=1S/C19H26N4/c1-13-8-7-11-17(15(13)3)22-19-20-14(2)12-18(23-19)21-16-9-5-4-6-10-16/h7-8,11-12,16H,4-6,9-10H2,1-3H3,(H2,20,21,22,23). The van der Waals surface area contributed by atoms with Gasteiger partial charge in [0, 0.05) is 23.5 Å². The highest BCUT2D eigenvalue weighted by atomic mass is 15.1. The Morgan fingerprint density at radius 3 is 2.57 bits per heavy atom. The Labute approximate surface area is 138 Å². The number of aromatic nitrogens is 2.